The number of hydrogen-bond donors (Lipinski definition) is 1. The standard InChI is InChI=1S/C34H54NO6P3/c1-8-29(39-42)17-13-11-15-19-34(37)38-32(28(7)23-27(6)20-21-35-33(36)22-25(3)4)24-26(5)16-12-10-14-18-31(41-44)30(9-2)40-43/h8-10,12,15-16,19-23,28-32H,1-2,11,13-14,17-18,24,42-44H2,3-7H3,(H,35,36)/t28-,29+,30-,31-,32?/m1/s1. The molecule has 0 aromatic heterocycles. The quantitative estimate of drug-likeness (QED) is 0.0295. The van der Waals surface area contributed by atoms with Gasteiger partial charge in [0.2, 0.25) is 5.91 Å². The molecule has 0 radical (unpaired) electrons. The van der Waals surface area contributed by atoms with Crippen molar-refractivity contribution >= 4 is 40.3 Å². The zero-order valence-electron chi connectivity index (χ0n) is 27.1. The monoisotopic (exact) mass is 665 g/mol. The van der Waals surface area contributed by atoms with Gasteiger partial charge in [0.15, 0.2) is 0 Å². The summed E-state index contributed by atoms with van der Waals surface area (Å²) in [6, 6.07) is 0. The van der Waals surface area contributed by atoms with Crippen LogP contribution in [0.1, 0.15) is 73.1 Å². The second-order valence-corrected chi connectivity index (χ2v) is 11.6. The Hall–Kier alpha value is -1.97. The molecule has 0 saturated carbocycles. The van der Waals surface area contributed by atoms with Crippen LogP contribution in [0.15, 0.2) is 96.8 Å². The zero-order valence-corrected chi connectivity index (χ0v) is 30.5. The summed E-state index contributed by atoms with van der Waals surface area (Å²) in [7, 11) is 6.80. The van der Waals surface area contributed by atoms with Gasteiger partial charge < -0.3 is 23.6 Å². The SMILES string of the molecule is C=C[C@@H](CCCC=CC(=O)OC(CC(C)=CC=CCC[C@@H](OP)[C@@H](C=C)OP)[C@H](C)C=C(C)C=CNC(=O)C=C(C)C)OP. The van der Waals surface area contributed by atoms with E-state index in [1.54, 1.807) is 24.4 Å². The van der Waals surface area contributed by atoms with Crippen LogP contribution >= 0.6 is 28.4 Å². The van der Waals surface area contributed by atoms with Crippen molar-refractivity contribution in [2.45, 2.75) is 97.6 Å². The van der Waals surface area contributed by atoms with Gasteiger partial charge in [-0.3, -0.25) is 4.79 Å². The Bertz CT molecular complexity index is 1060. The van der Waals surface area contributed by atoms with Crippen LogP contribution in [0.25, 0.3) is 0 Å². The molecule has 44 heavy (non-hydrogen) atoms. The molecule has 0 heterocycles. The fourth-order valence-electron chi connectivity index (χ4n) is 4.10. The van der Waals surface area contributed by atoms with Crippen molar-refractivity contribution in [2.24, 2.45) is 5.92 Å². The van der Waals surface area contributed by atoms with Crippen LogP contribution in [0.3, 0.4) is 0 Å². The van der Waals surface area contributed by atoms with E-state index in [-0.39, 0.29) is 42.2 Å². The van der Waals surface area contributed by atoms with Gasteiger partial charge in [0.05, 0.1) is 12.2 Å². The van der Waals surface area contributed by atoms with E-state index in [1.807, 2.05) is 65.0 Å². The summed E-state index contributed by atoms with van der Waals surface area (Å²) in [5.74, 6) is -0.626. The summed E-state index contributed by atoms with van der Waals surface area (Å²) in [5, 5.41) is 2.73. The lowest BCUT2D eigenvalue weighted by Crippen LogP contribution is -2.24. The average molecular weight is 666 g/mol. The summed E-state index contributed by atoms with van der Waals surface area (Å²) in [5.41, 5.74) is 2.95. The Morgan fingerprint density at radius 2 is 1.61 bits per heavy atom. The summed E-state index contributed by atoms with van der Waals surface area (Å²) in [4.78, 5) is 24.6. The molecule has 0 aromatic rings. The Balaban J connectivity index is 5.48. The second kappa shape index (κ2) is 26.3. The summed E-state index contributed by atoms with van der Waals surface area (Å²) < 4.78 is 21.9. The van der Waals surface area contributed by atoms with Crippen molar-refractivity contribution in [3.63, 3.8) is 0 Å². The van der Waals surface area contributed by atoms with Gasteiger partial charge in [0.1, 0.15) is 12.2 Å². The molecule has 0 aliphatic rings. The first kappa shape index (κ1) is 42.0. The van der Waals surface area contributed by atoms with Gasteiger partial charge in [-0.25, -0.2) is 4.79 Å². The summed E-state index contributed by atoms with van der Waals surface area (Å²) in [6.07, 6.45) is 23.8. The maximum Gasteiger partial charge on any atom is 0.330 e. The number of rotatable bonds is 23. The third kappa shape index (κ3) is 20.9. The number of nitrogens with one attached hydrogen (secondary N) is 1. The topological polar surface area (TPSA) is 83.1 Å². The van der Waals surface area contributed by atoms with Crippen molar-refractivity contribution in [3.05, 3.63) is 96.8 Å². The number of ether oxygens (including phenoxy) is 1. The molecule has 0 aromatic carbocycles. The second-order valence-electron chi connectivity index (χ2n) is 10.8. The molecular weight excluding hydrogens is 611 g/mol. The van der Waals surface area contributed by atoms with Gasteiger partial charge in [0, 0.05) is 59.1 Å². The minimum Gasteiger partial charge on any atom is -0.458 e. The molecule has 4 unspecified atom stereocenters. The third-order valence-electron chi connectivity index (χ3n) is 6.51. The molecule has 0 fully saturated rings. The first-order valence-electron chi connectivity index (χ1n) is 14.8. The Labute approximate surface area is 273 Å². The molecule has 0 bridgehead atoms. The largest absolute Gasteiger partial charge is 0.458 e. The molecule has 0 rings (SSSR count). The van der Waals surface area contributed by atoms with Crippen molar-refractivity contribution in [1.29, 1.82) is 0 Å². The number of amides is 1. The van der Waals surface area contributed by atoms with Crippen LogP contribution in [0.4, 0.5) is 0 Å². The molecule has 0 aliphatic carbocycles. The molecule has 8 atom stereocenters. The van der Waals surface area contributed by atoms with Crippen LogP contribution < -0.4 is 5.32 Å². The minimum absolute atomic E-state index is 0.0204. The maximum atomic E-state index is 12.8. The van der Waals surface area contributed by atoms with Crippen LogP contribution in [0.5, 0.6) is 0 Å². The van der Waals surface area contributed by atoms with Gasteiger partial charge in [-0.1, -0.05) is 66.2 Å². The minimum atomic E-state index is -0.376. The average Bonchev–Trinajstić information content (AvgIpc) is 2.97. The van der Waals surface area contributed by atoms with E-state index in [1.165, 1.54) is 6.08 Å². The third-order valence-corrected chi connectivity index (χ3v) is 7.52. The number of esters is 1. The highest BCUT2D eigenvalue weighted by atomic mass is 31.0. The molecule has 0 spiro atoms. The highest BCUT2D eigenvalue weighted by Crippen LogP contribution is 2.21. The van der Waals surface area contributed by atoms with E-state index in [9.17, 15) is 9.59 Å². The molecule has 7 nitrogen and oxygen atoms in total. The maximum absolute atomic E-state index is 12.8. The lowest BCUT2D eigenvalue weighted by Gasteiger charge is -2.22. The first-order chi connectivity index (χ1) is 21.0. The van der Waals surface area contributed by atoms with E-state index >= 15 is 0 Å². The van der Waals surface area contributed by atoms with Crippen LogP contribution in [0, 0.1) is 5.92 Å². The van der Waals surface area contributed by atoms with E-state index in [4.69, 9.17) is 18.3 Å². The molecule has 1 N–H and O–H groups in total. The number of unbranched alkanes of at least 4 members (excludes halogenated alkanes) is 1. The zero-order chi connectivity index (χ0) is 33.3. The Kier molecular flexibility index (Phi) is 25.1. The van der Waals surface area contributed by atoms with E-state index in [0.717, 1.165) is 48.8 Å². The van der Waals surface area contributed by atoms with Gasteiger partial charge in [-0.05, 0) is 65.9 Å². The van der Waals surface area contributed by atoms with E-state index in [0.29, 0.717) is 6.42 Å². The molecule has 10 heteroatoms. The highest BCUT2D eigenvalue weighted by Gasteiger charge is 2.20. The highest BCUT2D eigenvalue weighted by molar-refractivity contribution is 7.10. The predicted molar refractivity (Wildman–Crippen MR) is 193 cm³/mol. The fourth-order valence-corrected chi connectivity index (χ4v) is 4.92. The van der Waals surface area contributed by atoms with Crippen molar-refractivity contribution in [3.8, 4) is 0 Å². The Morgan fingerprint density at radius 3 is 2.20 bits per heavy atom. The normalized spacial score (nSPS) is 16.0. The number of allylic oxidation sites excluding steroid dienone is 7. The predicted octanol–water partition coefficient (Wildman–Crippen LogP) is 8.37. The molecular formula is C34H54NO6P3. The fraction of sp³-hybridized carbons (Fsp3) is 0.471. The molecule has 246 valence electrons. The smallest absolute Gasteiger partial charge is 0.330 e. The van der Waals surface area contributed by atoms with Crippen molar-refractivity contribution in [2.75, 3.05) is 0 Å². The molecule has 0 saturated heterocycles. The van der Waals surface area contributed by atoms with Gasteiger partial charge in [-0.15, -0.1) is 13.2 Å². The van der Waals surface area contributed by atoms with Gasteiger partial charge in [-0.2, -0.15) is 0 Å². The number of carbonyl (C=O) groups excluding carboxylic acids is 2. The van der Waals surface area contributed by atoms with E-state index in [2.05, 4.69) is 53.0 Å². The van der Waals surface area contributed by atoms with Crippen LogP contribution in [-0.4, -0.2) is 36.3 Å². The summed E-state index contributed by atoms with van der Waals surface area (Å²) in [6.45, 7) is 17.3. The first-order valence-corrected chi connectivity index (χ1v) is 16.2. The summed E-state index contributed by atoms with van der Waals surface area (Å²) >= 11 is 0. The van der Waals surface area contributed by atoms with Crippen molar-refractivity contribution < 1.29 is 27.9 Å². The lowest BCUT2D eigenvalue weighted by molar-refractivity contribution is -0.144. The van der Waals surface area contributed by atoms with Gasteiger partial charge in [0.25, 0.3) is 0 Å². The lowest BCUT2D eigenvalue weighted by atomic mass is 9.95. The van der Waals surface area contributed by atoms with Crippen molar-refractivity contribution in [1.82, 2.24) is 5.32 Å². The van der Waals surface area contributed by atoms with E-state index < -0.39 is 0 Å². The number of hydrogen-bond acceptors (Lipinski definition) is 6. The van der Waals surface area contributed by atoms with Gasteiger partial charge >= 0.3 is 5.97 Å². The van der Waals surface area contributed by atoms with Crippen LogP contribution in [0.2, 0.25) is 0 Å². The van der Waals surface area contributed by atoms with Crippen LogP contribution in [-0.2, 0) is 27.9 Å². The number of carbonyl (C=O) groups is 2. The molecule has 1 amide bonds. The Morgan fingerprint density at radius 1 is 0.886 bits per heavy atom. The molecule has 0 aliphatic heterocycles.